The average molecular weight is 333 g/mol. The van der Waals surface area contributed by atoms with Crippen LogP contribution in [0.2, 0.25) is 0 Å². The van der Waals surface area contributed by atoms with Crippen LogP contribution in [-0.4, -0.2) is 29.2 Å². The van der Waals surface area contributed by atoms with Crippen LogP contribution in [0.3, 0.4) is 0 Å². The molecule has 1 aromatic carbocycles. The molecule has 120 valence electrons. The molecule has 0 bridgehead atoms. The summed E-state index contributed by atoms with van der Waals surface area (Å²) in [5, 5.41) is 3.35. The number of imide groups is 1. The maximum absolute atomic E-state index is 12.3. The molecule has 5 nitrogen and oxygen atoms in total. The number of carbonyl (C=O) groups excluding carboxylic acids is 3. The van der Waals surface area contributed by atoms with E-state index in [4.69, 9.17) is 11.6 Å². The number of likely N-dealkylation sites (tertiary alicyclic amines) is 1. The van der Waals surface area contributed by atoms with E-state index in [0.717, 1.165) is 10.5 Å². The largest absolute Gasteiger partial charge is 0.350 e. The summed E-state index contributed by atoms with van der Waals surface area (Å²) >= 11 is 5.97. The Morgan fingerprint density at radius 2 is 1.87 bits per heavy atom. The summed E-state index contributed by atoms with van der Waals surface area (Å²) in [4.78, 5) is 37.8. The number of halogens is 1. The van der Waals surface area contributed by atoms with Crippen LogP contribution < -0.4 is 5.32 Å². The van der Waals surface area contributed by atoms with Gasteiger partial charge in [0.25, 0.3) is 0 Å². The molecule has 0 radical (unpaired) electrons. The molecule has 0 saturated carbocycles. The van der Waals surface area contributed by atoms with Crippen molar-refractivity contribution in [2.75, 3.05) is 6.54 Å². The van der Waals surface area contributed by atoms with Crippen LogP contribution in [0.15, 0.2) is 41.4 Å². The predicted octanol–water partition coefficient (Wildman–Crippen LogP) is 1.82. The van der Waals surface area contributed by atoms with Gasteiger partial charge in [-0.15, -0.1) is 0 Å². The second-order valence-electron chi connectivity index (χ2n) is 5.83. The van der Waals surface area contributed by atoms with Crippen LogP contribution in [0.1, 0.15) is 18.4 Å². The monoisotopic (exact) mass is 332 g/mol. The van der Waals surface area contributed by atoms with E-state index in [2.05, 4.69) is 5.32 Å². The third kappa shape index (κ3) is 3.29. The quantitative estimate of drug-likeness (QED) is 0.855. The van der Waals surface area contributed by atoms with E-state index >= 15 is 0 Å². The van der Waals surface area contributed by atoms with E-state index in [9.17, 15) is 14.4 Å². The summed E-state index contributed by atoms with van der Waals surface area (Å²) in [6.45, 7) is 0.144. The zero-order valence-electron chi connectivity index (χ0n) is 12.5. The van der Waals surface area contributed by atoms with Gasteiger partial charge in [0.1, 0.15) is 6.54 Å². The number of nitrogens with one attached hydrogen (secondary N) is 1. The van der Waals surface area contributed by atoms with Crippen molar-refractivity contribution in [2.45, 2.75) is 19.4 Å². The molecule has 2 aliphatic rings. The molecule has 6 heteroatoms. The van der Waals surface area contributed by atoms with Gasteiger partial charge in [-0.2, -0.15) is 0 Å². The summed E-state index contributed by atoms with van der Waals surface area (Å²) in [6, 6.07) is 9.46. The van der Waals surface area contributed by atoms with E-state index in [1.165, 1.54) is 0 Å². The summed E-state index contributed by atoms with van der Waals surface area (Å²) < 4.78 is 0. The first-order valence-corrected chi connectivity index (χ1v) is 7.94. The minimum absolute atomic E-state index is 0.227. The van der Waals surface area contributed by atoms with E-state index < -0.39 is 5.92 Å². The van der Waals surface area contributed by atoms with E-state index in [1.807, 2.05) is 30.3 Å². The normalized spacial score (nSPS) is 23.5. The molecule has 1 fully saturated rings. The molecule has 3 rings (SSSR count). The molecule has 2 atom stereocenters. The maximum atomic E-state index is 12.3. The van der Waals surface area contributed by atoms with Gasteiger partial charge in [0.2, 0.25) is 17.7 Å². The summed E-state index contributed by atoms with van der Waals surface area (Å²) in [5.74, 6) is -1.68. The van der Waals surface area contributed by atoms with Gasteiger partial charge >= 0.3 is 0 Å². The summed E-state index contributed by atoms with van der Waals surface area (Å²) in [6.07, 6.45) is 2.64. The highest BCUT2D eigenvalue weighted by molar-refractivity contribution is 6.30. The fraction of sp³-hybridized carbons (Fsp3) is 0.353. The third-order valence-corrected chi connectivity index (χ3v) is 4.60. The van der Waals surface area contributed by atoms with Crippen molar-refractivity contribution < 1.29 is 14.4 Å². The van der Waals surface area contributed by atoms with Gasteiger partial charge in [-0.25, -0.2) is 0 Å². The highest BCUT2D eigenvalue weighted by atomic mass is 35.5. The van der Waals surface area contributed by atoms with Crippen molar-refractivity contribution in [3.8, 4) is 0 Å². The topological polar surface area (TPSA) is 66.5 Å². The van der Waals surface area contributed by atoms with E-state index in [0.29, 0.717) is 24.4 Å². The zero-order valence-corrected chi connectivity index (χ0v) is 13.3. The molecule has 1 aliphatic carbocycles. The minimum atomic E-state index is -0.415. The lowest BCUT2D eigenvalue weighted by molar-refractivity contribution is -0.143. The van der Waals surface area contributed by atoms with Crippen molar-refractivity contribution in [1.82, 2.24) is 10.2 Å². The Hall–Kier alpha value is -2.14. The van der Waals surface area contributed by atoms with Crippen LogP contribution in [-0.2, 0) is 20.9 Å². The van der Waals surface area contributed by atoms with Gasteiger partial charge in [-0.1, -0.05) is 48.0 Å². The van der Waals surface area contributed by atoms with Gasteiger partial charge < -0.3 is 5.32 Å². The van der Waals surface area contributed by atoms with Gasteiger partial charge in [-0.3, -0.25) is 19.3 Å². The first kappa shape index (κ1) is 15.7. The second kappa shape index (κ2) is 6.54. The number of hydrogen-bond acceptors (Lipinski definition) is 3. The number of fused-ring (bicyclic) bond motifs is 1. The average Bonchev–Trinajstić information content (AvgIpc) is 2.78. The lowest BCUT2D eigenvalue weighted by atomic mass is 9.85. The Kier molecular flexibility index (Phi) is 4.48. The molecule has 1 aromatic rings. The lowest BCUT2D eigenvalue weighted by Gasteiger charge is -2.17. The highest BCUT2D eigenvalue weighted by Gasteiger charge is 2.48. The molecular formula is C17H17ClN2O3. The molecule has 1 saturated heterocycles. The predicted molar refractivity (Wildman–Crippen MR) is 85.2 cm³/mol. The SMILES string of the molecule is O=C(CN1C(=O)[C@@H]2CC=C(Cl)C[C@H]2C1=O)NCc1ccccc1. The summed E-state index contributed by atoms with van der Waals surface area (Å²) in [7, 11) is 0. The maximum Gasteiger partial charge on any atom is 0.240 e. The van der Waals surface area contributed by atoms with Crippen molar-refractivity contribution >= 4 is 29.3 Å². The number of nitrogens with zero attached hydrogens (tertiary/aromatic N) is 1. The Morgan fingerprint density at radius 1 is 1.17 bits per heavy atom. The molecule has 0 unspecified atom stereocenters. The van der Waals surface area contributed by atoms with Crippen molar-refractivity contribution in [3.05, 3.63) is 47.0 Å². The Balaban J connectivity index is 1.59. The first-order valence-electron chi connectivity index (χ1n) is 7.56. The molecular weight excluding hydrogens is 316 g/mol. The van der Waals surface area contributed by atoms with Crippen LogP contribution in [0.4, 0.5) is 0 Å². The summed E-state index contributed by atoms with van der Waals surface area (Å²) in [5.41, 5.74) is 0.963. The van der Waals surface area contributed by atoms with Crippen LogP contribution in [0, 0.1) is 11.8 Å². The zero-order chi connectivity index (χ0) is 16.4. The van der Waals surface area contributed by atoms with Crippen LogP contribution in [0.25, 0.3) is 0 Å². The molecule has 1 heterocycles. The highest BCUT2D eigenvalue weighted by Crippen LogP contribution is 2.38. The Morgan fingerprint density at radius 3 is 2.61 bits per heavy atom. The van der Waals surface area contributed by atoms with Crippen molar-refractivity contribution in [2.24, 2.45) is 11.8 Å². The number of carbonyl (C=O) groups is 3. The number of rotatable bonds is 4. The van der Waals surface area contributed by atoms with Gasteiger partial charge in [0.05, 0.1) is 11.8 Å². The third-order valence-electron chi connectivity index (χ3n) is 4.29. The molecule has 1 N–H and O–H groups in total. The van der Waals surface area contributed by atoms with Crippen LogP contribution in [0.5, 0.6) is 0 Å². The van der Waals surface area contributed by atoms with Crippen LogP contribution >= 0.6 is 11.6 Å². The molecule has 0 spiro atoms. The Bertz CT molecular complexity index is 672. The fourth-order valence-corrected chi connectivity index (χ4v) is 3.30. The van der Waals surface area contributed by atoms with E-state index in [1.54, 1.807) is 6.08 Å². The van der Waals surface area contributed by atoms with Gasteiger partial charge in [0, 0.05) is 11.6 Å². The van der Waals surface area contributed by atoms with E-state index in [-0.39, 0.29) is 30.2 Å². The molecule has 0 aromatic heterocycles. The fourth-order valence-electron chi connectivity index (χ4n) is 3.05. The van der Waals surface area contributed by atoms with Gasteiger partial charge in [-0.05, 0) is 18.4 Å². The molecule has 1 aliphatic heterocycles. The first-order chi connectivity index (χ1) is 11.1. The molecule has 3 amide bonds. The number of amides is 3. The smallest absolute Gasteiger partial charge is 0.240 e. The number of allylic oxidation sites excluding steroid dienone is 2. The van der Waals surface area contributed by atoms with Gasteiger partial charge in [0.15, 0.2) is 0 Å². The standard InChI is InChI=1S/C17H17ClN2O3/c18-12-6-7-13-14(8-12)17(23)20(16(13)22)10-15(21)19-9-11-4-2-1-3-5-11/h1-6,13-14H,7-10H2,(H,19,21)/t13-,14-/m1/s1. The number of benzene rings is 1. The second-order valence-corrected chi connectivity index (χ2v) is 6.31. The molecule has 23 heavy (non-hydrogen) atoms. The Labute approximate surface area is 139 Å². The number of hydrogen-bond donors (Lipinski definition) is 1. The minimum Gasteiger partial charge on any atom is -0.350 e. The van der Waals surface area contributed by atoms with Crippen molar-refractivity contribution in [1.29, 1.82) is 0 Å². The van der Waals surface area contributed by atoms with Crippen molar-refractivity contribution in [3.63, 3.8) is 0 Å². The lowest BCUT2D eigenvalue weighted by Crippen LogP contribution is -2.40.